The number of fused-ring (bicyclic) bond motifs is 1. The molecule has 6 aliphatic rings. The van der Waals surface area contributed by atoms with E-state index >= 15 is 0 Å². The van der Waals surface area contributed by atoms with Crippen LogP contribution in [0.2, 0.25) is 0 Å². The minimum absolute atomic E-state index is 0.0168. The van der Waals surface area contributed by atoms with Crippen molar-refractivity contribution in [3.8, 4) is 5.69 Å². The molecule has 8 atom stereocenters. The van der Waals surface area contributed by atoms with Gasteiger partial charge in [0.1, 0.15) is 11.6 Å². The van der Waals surface area contributed by atoms with Crippen molar-refractivity contribution in [2.75, 3.05) is 0 Å². The van der Waals surface area contributed by atoms with Gasteiger partial charge in [-0.2, -0.15) is 0 Å². The molecule has 2 bridgehead atoms. The second kappa shape index (κ2) is 9.95. The normalized spacial score (nSPS) is 37.2. The molecule has 0 unspecified atom stereocenters. The highest BCUT2D eigenvalue weighted by Crippen LogP contribution is 2.72. The lowest BCUT2D eigenvalue weighted by atomic mass is 9.44. The van der Waals surface area contributed by atoms with Crippen LogP contribution >= 0.6 is 0 Å². The van der Waals surface area contributed by atoms with E-state index in [9.17, 15) is 14.4 Å². The minimum atomic E-state index is -0.800. The number of allylic oxidation sites excluding steroid dienone is 4. The van der Waals surface area contributed by atoms with Crippen LogP contribution in [0.5, 0.6) is 0 Å². The quantitative estimate of drug-likeness (QED) is 0.262. The fourth-order valence-corrected chi connectivity index (χ4v) is 11.0. The maximum Gasteiger partial charge on any atom is 0.353 e. The lowest BCUT2D eigenvalue weighted by Crippen LogP contribution is -2.73. The van der Waals surface area contributed by atoms with Gasteiger partial charge in [-0.3, -0.25) is 4.79 Å². The van der Waals surface area contributed by atoms with Gasteiger partial charge in [0.2, 0.25) is 0 Å². The lowest BCUT2D eigenvalue weighted by Gasteiger charge is -2.68. The Labute approximate surface area is 261 Å². The molecule has 2 aliphatic heterocycles. The second-order valence-corrected chi connectivity index (χ2v) is 15.6. The third-order valence-electron chi connectivity index (χ3n) is 12.9. The highest BCUT2D eigenvalue weighted by molar-refractivity contribution is 5.66. The largest absolute Gasteiger partial charge is 0.462 e. The van der Waals surface area contributed by atoms with E-state index in [1.54, 1.807) is 0 Å². The Morgan fingerprint density at radius 2 is 1.70 bits per heavy atom. The lowest BCUT2D eigenvalue weighted by molar-refractivity contribution is -0.156. The fraction of sp³-hybridized carbons (Fsp3) is 0.649. The first kappa shape index (κ1) is 29.6. The number of nitrogens with zero attached hydrogens (tertiary/aromatic N) is 3. The van der Waals surface area contributed by atoms with Gasteiger partial charge in [0, 0.05) is 18.8 Å². The van der Waals surface area contributed by atoms with Crippen LogP contribution in [0.15, 0.2) is 63.7 Å². The number of hydrogen-bond donors (Lipinski definition) is 0. The molecule has 44 heavy (non-hydrogen) atoms. The molecule has 0 N–H and O–H groups in total. The summed E-state index contributed by atoms with van der Waals surface area (Å²) >= 11 is 0. The van der Waals surface area contributed by atoms with E-state index in [-0.39, 0.29) is 40.2 Å². The third-order valence-corrected chi connectivity index (χ3v) is 12.9. The van der Waals surface area contributed by atoms with E-state index < -0.39 is 11.1 Å². The average Bonchev–Trinajstić information content (AvgIpc) is 3.47. The number of esters is 1. The summed E-state index contributed by atoms with van der Waals surface area (Å²) in [5.74, 6) is 1.79. The Kier molecular flexibility index (Phi) is 6.70. The van der Waals surface area contributed by atoms with Crippen LogP contribution < -0.4 is 11.4 Å². The Morgan fingerprint density at radius 3 is 2.41 bits per heavy atom. The molecule has 7 heteroatoms. The molecule has 8 rings (SSSR count). The Bertz CT molecular complexity index is 1660. The highest BCUT2D eigenvalue weighted by atomic mass is 16.5. The summed E-state index contributed by atoms with van der Waals surface area (Å²) in [6, 6.07) is 9.33. The summed E-state index contributed by atoms with van der Waals surface area (Å²) in [5, 5.41) is 0. The number of ether oxygens (including phenoxy) is 1. The fourth-order valence-electron chi connectivity index (χ4n) is 11.0. The van der Waals surface area contributed by atoms with Crippen LogP contribution in [0.3, 0.4) is 0 Å². The molecule has 0 radical (unpaired) electrons. The molecule has 1 aromatic carbocycles. The van der Waals surface area contributed by atoms with E-state index in [4.69, 9.17) is 4.74 Å². The van der Waals surface area contributed by atoms with Gasteiger partial charge in [0.25, 0.3) is 0 Å². The number of rotatable bonds is 7. The van der Waals surface area contributed by atoms with Crippen LogP contribution in [-0.4, -0.2) is 26.0 Å². The summed E-state index contributed by atoms with van der Waals surface area (Å²) in [4.78, 5) is 41.6. The maximum absolute atomic E-state index is 14.8. The van der Waals surface area contributed by atoms with E-state index in [2.05, 4.69) is 52.8 Å². The SMILES string of the molecule is CC(=O)O[C@H]1CC[C@]2(C)C3=CC[C@]4(C)[C@@H]([C@H](C)CCCC(C)C)CC[C@H]4[C@@]34C=C[C@]2(C1)n1c(=O)n(-c2ccccc2)c(=O)n14. The standard InChI is InChI=1S/C37H49N3O4/c1-24(2)11-10-12-25(3)29-15-16-30-34(29,5)19-18-31-35(6)20-17-28(44-26(4)41)23-36(35)21-22-37(30,31)40-33(43)38(32(42)39(36)40)27-13-8-7-9-14-27/h7-9,13-14,18,21-22,24-25,28-30H,10-12,15-17,19-20,23H2,1-6H3/t25-,28+,29-,30-,34-,35-,36-,37+/m1/s1. The number of aromatic nitrogens is 3. The number of hydrogen-bond acceptors (Lipinski definition) is 4. The third kappa shape index (κ3) is 3.70. The molecule has 0 amide bonds. The average molecular weight is 600 g/mol. The zero-order valence-corrected chi connectivity index (χ0v) is 27.3. The van der Waals surface area contributed by atoms with Crippen LogP contribution in [-0.2, 0) is 20.6 Å². The van der Waals surface area contributed by atoms with Crippen molar-refractivity contribution >= 4 is 5.97 Å². The molecular formula is C37H49N3O4. The first-order valence-corrected chi connectivity index (χ1v) is 17.0. The minimum Gasteiger partial charge on any atom is -0.462 e. The number of carbonyl (C=O) groups is 1. The summed E-state index contributed by atoms with van der Waals surface area (Å²) in [6.07, 6.45) is 15.7. The van der Waals surface area contributed by atoms with E-state index in [0.717, 1.165) is 38.0 Å². The van der Waals surface area contributed by atoms with E-state index in [0.29, 0.717) is 23.9 Å². The Hall–Kier alpha value is -3.09. The van der Waals surface area contributed by atoms with E-state index in [1.807, 2.05) is 39.7 Å². The molecule has 4 aliphatic carbocycles. The predicted octanol–water partition coefficient (Wildman–Crippen LogP) is 6.72. The summed E-state index contributed by atoms with van der Waals surface area (Å²) in [6.45, 7) is 13.3. The van der Waals surface area contributed by atoms with Crippen molar-refractivity contribution in [1.29, 1.82) is 0 Å². The van der Waals surface area contributed by atoms with Gasteiger partial charge in [0.15, 0.2) is 0 Å². The number of benzene rings is 1. The van der Waals surface area contributed by atoms with Gasteiger partial charge in [-0.15, -0.1) is 0 Å². The molecule has 2 saturated carbocycles. The molecule has 236 valence electrons. The summed E-state index contributed by atoms with van der Waals surface area (Å²) < 4.78 is 10.9. The van der Waals surface area contributed by atoms with Crippen molar-refractivity contribution in [3.05, 3.63) is 75.1 Å². The first-order chi connectivity index (χ1) is 20.9. The highest BCUT2D eigenvalue weighted by Gasteiger charge is 2.72. The van der Waals surface area contributed by atoms with Gasteiger partial charge in [-0.25, -0.2) is 23.5 Å². The van der Waals surface area contributed by atoms with Crippen LogP contribution in [0.1, 0.15) is 99.3 Å². The topological polar surface area (TPSA) is 75.2 Å². The summed E-state index contributed by atoms with van der Waals surface area (Å²) in [5.41, 5.74) is -0.538. The van der Waals surface area contributed by atoms with E-state index in [1.165, 1.54) is 36.3 Å². The predicted molar refractivity (Wildman–Crippen MR) is 172 cm³/mol. The first-order valence-electron chi connectivity index (χ1n) is 17.0. The maximum atomic E-state index is 14.8. The van der Waals surface area contributed by atoms with Gasteiger partial charge >= 0.3 is 17.3 Å². The molecular weight excluding hydrogens is 550 g/mol. The smallest absolute Gasteiger partial charge is 0.353 e. The molecule has 2 fully saturated rings. The number of para-hydroxylation sites is 1. The monoisotopic (exact) mass is 599 g/mol. The van der Waals surface area contributed by atoms with Gasteiger partial charge in [0.05, 0.1) is 11.2 Å². The van der Waals surface area contributed by atoms with Crippen molar-refractivity contribution in [1.82, 2.24) is 13.9 Å². The molecule has 3 heterocycles. The molecule has 0 saturated heterocycles. The van der Waals surface area contributed by atoms with Gasteiger partial charge < -0.3 is 4.74 Å². The Balaban J connectivity index is 1.43. The molecule has 7 nitrogen and oxygen atoms in total. The van der Waals surface area contributed by atoms with Crippen molar-refractivity contribution < 1.29 is 9.53 Å². The Morgan fingerprint density at radius 1 is 0.977 bits per heavy atom. The molecule has 2 aromatic rings. The zero-order chi connectivity index (χ0) is 31.2. The van der Waals surface area contributed by atoms with Crippen LogP contribution in [0.4, 0.5) is 0 Å². The van der Waals surface area contributed by atoms with Crippen molar-refractivity contribution in [2.24, 2.45) is 34.5 Å². The van der Waals surface area contributed by atoms with Crippen LogP contribution in [0.25, 0.3) is 5.69 Å². The van der Waals surface area contributed by atoms with Crippen LogP contribution in [0, 0.1) is 34.5 Å². The van der Waals surface area contributed by atoms with Gasteiger partial charge in [-0.1, -0.05) is 90.3 Å². The molecule has 2 spiro atoms. The summed E-state index contributed by atoms with van der Waals surface area (Å²) in [7, 11) is 0. The van der Waals surface area contributed by atoms with Gasteiger partial charge in [-0.05, 0) is 78.9 Å². The van der Waals surface area contributed by atoms with Crippen molar-refractivity contribution in [3.63, 3.8) is 0 Å². The number of carbonyl (C=O) groups excluding carboxylic acids is 1. The molecule has 1 aromatic heterocycles. The zero-order valence-electron chi connectivity index (χ0n) is 27.3. The second-order valence-electron chi connectivity index (χ2n) is 15.6. The van der Waals surface area contributed by atoms with Crippen molar-refractivity contribution in [2.45, 2.75) is 117 Å².